The van der Waals surface area contributed by atoms with Crippen LogP contribution >= 0.6 is 0 Å². The number of nitrogens with zero attached hydrogens (tertiary/aromatic N) is 3. The maximum atomic E-state index is 12.5. The molecular weight excluding hydrogens is 370 g/mol. The fourth-order valence-electron chi connectivity index (χ4n) is 3.73. The molecule has 2 aromatic heterocycles. The van der Waals surface area contributed by atoms with Crippen LogP contribution in [-0.2, 0) is 11.2 Å². The van der Waals surface area contributed by atoms with Crippen molar-refractivity contribution in [2.75, 3.05) is 25.1 Å². The molecule has 4 rings (SSSR count). The second-order valence-corrected chi connectivity index (χ2v) is 7.23. The highest BCUT2D eigenvalue weighted by molar-refractivity contribution is 5.84. The number of carbonyl (C=O) groups excluding carboxylic acids is 1. The molecule has 1 aliphatic heterocycles. The van der Waals surface area contributed by atoms with Crippen LogP contribution in [0.25, 0.3) is 10.9 Å². The first kappa shape index (κ1) is 19.2. The number of rotatable bonds is 6. The van der Waals surface area contributed by atoms with Crippen molar-refractivity contribution >= 4 is 22.8 Å². The Bertz CT molecular complexity index is 989. The van der Waals surface area contributed by atoms with E-state index in [1.54, 1.807) is 19.4 Å². The van der Waals surface area contributed by atoms with Crippen LogP contribution in [0, 0.1) is 0 Å². The van der Waals surface area contributed by atoms with Gasteiger partial charge in [0.25, 0.3) is 0 Å². The Balaban J connectivity index is 1.36. The first-order chi connectivity index (χ1) is 14.1. The summed E-state index contributed by atoms with van der Waals surface area (Å²) in [5.41, 5.74) is 2.19. The summed E-state index contributed by atoms with van der Waals surface area (Å²) < 4.78 is 5.16. The number of carbonyl (C=O) groups is 1. The van der Waals surface area contributed by atoms with Crippen molar-refractivity contribution in [2.45, 2.75) is 31.4 Å². The molecule has 152 valence electrons. The molecule has 2 atom stereocenters. The molecule has 29 heavy (non-hydrogen) atoms. The summed E-state index contributed by atoms with van der Waals surface area (Å²) >= 11 is 0. The molecule has 1 aromatic carbocycles. The van der Waals surface area contributed by atoms with Crippen LogP contribution in [0.4, 0.5) is 5.95 Å². The minimum atomic E-state index is -0.589. The van der Waals surface area contributed by atoms with Gasteiger partial charge in [-0.25, -0.2) is 4.98 Å². The molecule has 1 aliphatic rings. The lowest BCUT2D eigenvalue weighted by atomic mass is 10.0. The number of amides is 1. The minimum Gasteiger partial charge on any atom is -0.481 e. The molecule has 0 saturated carbocycles. The van der Waals surface area contributed by atoms with Crippen molar-refractivity contribution in [1.82, 2.24) is 20.3 Å². The summed E-state index contributed by atoms with van der Waals surface area (Å²) in [5, 5.41) is 14.5. The number of benzene rings is 1. The lowest BCUT2D eigenvalue weighted by Crippen LogP contribution is -2.55. The fourth-order valence-corrected chi connectivity index (χ4v) is 3.73. The minimum absolute atomic E-state index is 0.0762. The van der Waals surface area contributed by atoms with Crippen LogP contribution in [0.2, 0.25) is 0 Å². The van der Waals surface area contributed by atoms with Gasteiger partial charge in [0.15, 0.2) is 0 Å². The van der Waals surface area contributed by atoms with E-state index in [1.807, 2.05) is 29.3 Å². The zero-order valence-corrected chi connectivity index (χ0v) is 16.3. The predicted molar refractivity (Wildman–Crippen MR) is 110 cm³/mol. The number of aliphatic hydroxyl groups excluding tert-OH is 1. The Morgan fingerprint density at radius 1 is 1.38 bits per heavy atom. The van der Waals surface area contributed by atoms with Gasteiger partial charge < -0.3 is 25.0 Å². The second-order valence-electron chi connectivity index (χ2n) is 7.23. The van der Waals surface area contributed by atoms with Crippen LogP contribution in [0.5, 0.6) is 5.88 Å². The average molecular weight is 395 g/mol. The monoisotopic (exact) mass is 395 g/mol. The third-order valence-electron chi connectivity index (χ3n) is 5.33. The number of H-pyrrole nitrogens is 1. The molecule has 0 spiro atoms. The number of fused-ring (bicyclic) bond motifs is 1. The quantitative estimate of drug-likeness (QED) is 0.586. The van der Waals surface area contributed by atoms with Crippen LogP contribution in [0.15, 0.2) is 42.7 Å². The number of aliphatic hydroxyl groups is 1. The largest absolute Gasteiger partial charge is 0.481 e. The van der Waals surface area contributed by atoms with Crippen molar-refractivity contribution in [1.29, 1.82) is 0 Å². The third-order valence-corrected chi connectivity index (χ3v) is 5.33. The van der Waals surface area contributed by atoms with E-state index in [1.165, 1.54) is 0 Å². The van der Waals surface area contributed by atoms with Crippen LogP contribution < -0.4 is 15.0 Å². The van der Waals surface area contributed by atoms with Crippen LogP contribution in [-0.4, -0.2) is 58.3 Å². The molecule has 3 heterocycles. The summed E-state index contributed by atoms with van der Waals surface area (Å²) in [4.78, 5) is 26.4. The number of hydrogen-bond donors (Lipinski definition) is 3. The van der Waals surface area contributed by atoms with E-state index in [0.29, 0.717) is 44.2 Å². The number of aryl methyl sites for hydroxylation is 1. The van der Waals surface area contributed by atoms with E-state index in [2.05, 4.69) is 26.3 Å². The fraction of sp³-hybridized carbons (Fsp3) is 0.381. The van der Waals surface area contributed by atoms with E-state index >= 15 is 0 Å². The van der Waals surface area contributed by atoms with Gasteiger partial charge in [-0.1, -0.05) is 18.2 Å². The number of anilines is 1. The summed E-state index contributed by atoms with van der Waals surface area (Å²) in [7, 11) is 1.56. The number of methoxy groups -OCH3 is 1. The molecule has 1 saturated heterocycles. The Labute approximate surface area is 168 Å². The SMILES string of the molecule is COc1ccnc(N2CC[C@H](O)[C@H](NC(=O)CCc3c[nH]c4ccccc34)C2)n1. The van der Waals surface area contributed by atoms with E-state index in [9.17, 15) is 9.90 Å². The Hall–Kier alpha value is -3.13. The van der Waals surface area contributed by atoms with Gasteiger partial charge in [0.2, 0.25) is 17.7 Å². The van der Waals surface area contributed by atoms with Crippen molar-refractivity contribution < 1.29 is 14.6 Å². The lowest BCUT2D eigenvalue weighted by molar-refractivity contribution is -0.122. The molecule has 0 radical (unpaired) electrons. The zero-order chi connectivity index (χ0) is 20.2. The van der Waals surface area contributed by atoms with Gasteiger partial charge in [-0.15, -0.1) is 0 Å². The van der Waals surface area contributed by atoms with Crippen molar-refractivity contribution in [3.8, 4) is 5.88 Å². The summed E-state index contributed by atoms with van der Waals surface area (Å²) in [6.45, 7) is 1.07. The van der Waals surface area contributed by atoms with Gasteiger partial charge in [-0.3, -0.25) is 4.79 Å². The predicted octanol–water partition coefficient (Wildman–Crippen LogP) is 1.66. The molecule has 3 N–H and O–H groups in total. The number of nitrogens with one attached hydrogen (secondary N) is 2. The van der Waals surface area contributed by atoms with Gasteiger partial charge in [0.1, 0.15) is 0 Å². The number of hydrogen-bond acceptors (Lipinski definition) is 6. The lowest BCUT2D eigenvalue weighted by Gasteiger charge is -2.36. The zero-order valence-electron chi connectivity index (χ0n) is 16.3. The van der Waals surface area contributed by atoms with Crippen molar-refractivity contribution in [3.05, 3.63) is 48.3 Å². The summed E-state index contributed by atoms with van der Waals surface area (Å²) in [5.74, 6) is 0.947. The topological polar surface area (TPSA) is 103 Å². The summed E-state index contributed by atoms with van der Waals surface area (Å²) in [6, 6.07) is 9.37. The Morgan fingerprint density at radius 2 is 2.24 bits per heavy atom. The highest BCUT2D eigenvalue weighted by Gasteiger charge is 2.30. The highest BCUT2D eigenvalue weighted by Crippen LogP contribution is 2.20. The first-order valence-corrected chi connectivity index (χ1v) is 9.78. The van der Waals surface area contributed by atoms with Gasteiger partial charge >= 0.3 is 0 Å². The number of piperidine rings is 1. The molecule has 8 nitrogen and oxygen atoms in total. The maximum absolute atomic E-state index is 12.5. The molecule has 8 heteroatoms. The van der Waals surface area contributed by atoms with E-state index in [0.717, 1.165) is 16.5 Å². The number of aromatic nitrogens is 3. The molecule has 0 unspecified atom stereocenters. The van der Waals surface area contributed by atoms with Gasteiger partial charge in [0, 0.05) is 48.9 Å². The number of ether oxygens (including phenoxy) is 1. The molecular formula is C21H25N5O3. The highest BCUT2D eigenvalue weighted by atomic mass is 16.5. The van der Waals surface area contributed by atoms with Crippen LogP contribution in [0.3, 0.4) is 0 Å². The molecule has 1 amide bonds. The Kier molecular flexibility index (Phi) is 5.62. The Morgan fingerprint density at radius 3 is 3.10 bits per heavy atom. The van der Waals surface area contributed by atoms with Gasteiger partial charge in [-0.2, -0.15) is 4.98 Å². The van der Waals surface area contributed by atoms with Gasteiger partial charge in [0.05, 0.1) is 19.3 Å². The number of aromatic amines is 1. The van der Waals surface area contributed by atoms with Crippen LogP contribution in [0.1, 0.15) is 18.4 Å². The first-order valence-electron chi connectivity index (χ1n) is 9.78. The summed E-state index contributed by atoms with van der Waals surface area (Å²) in [6.07, 6.45) is 4.54. The van der Waals surface area contributed by atoms with Crippen molar-refractivity contribution in [3.63, 3.8) is 0 Å². The van der Waals surface area contributed by atoms with Crippen molar-refractivity contribution in [2.24, 2.45) is 0 Å². The molecule has 0 bridgehead atoms. The molecule has 0 aliphatic carbocycles. The number of para-hydroxylation sites is 1. The molecule has 3 aromatic rings. The normalized spacial score (nSPS) is 19.3. The second kappa shape index (κ2) is 8.48. The van der Waals surface area contributed by atoms with E-state index in [-0.39, 0.29) is 11.9 Å². The molecule has 1 fully saturated rings. The average Bonchev–Trinajstić information content (AvgIpc) is 3.17. The smallest absolute Gasteiger partial charge is 0.228 e. The standard InChI is InChI=1S/C21H25N5O3/c1-29-20-8-10-22-21(25-20)26-11-9-18(27)17(13-26)24-19(28)7-6-14-12-23-16-5-3-2-4-15(14)16/h2-5,8,10,12,17-18,23,27H,6-7,9,11,13H2,1H3,(H,24,28)/t17-,18+/m1/s1. The third kappa shape index (κ3) is 4.32. The van der Waals surface area contributed by atoms with Gasteiger partial charge in [-0.05, 0) is 24.5 Å². The maximum Gasteiger partial charge on any atom is 0.228 e. The van der Waals surface area contributed by atoms with E-state index in [4.69, 9.17) is 4.74 Å². The van der Waals surface area contributed by atoms with E-state index < -0.39 is 6.10 Å².